The van der Waals surface area contributed by atoms with E-state index in [-0.39, 0.29) is 17.0 Å². The highest BCUT2D eigenvalue weighted by Crippen LogP contribution is 2.21. The number of amides is 2. The predicted octanol–water partition coefficient (Wildman–Crippen LogP) is 5.11. The van der Waals surface area contributed by atoms with Gasteiger partial charge in [0.25, 0.3) is 5.91 Å². The van der Waals surface area contributed by atoms with Gasteiger partial charge in [0.2, 0.25) is 5.91 Å². The van der Waals surface area contributed by atoms with E-state index >= 15 is 0 Å². The largest absolute Gasteiger partial charge is 0.340 e. The van der Waals surface area contributed by atoms with Gasteiger partial charge < -0.3 is 10.6 Å². The number of rotatable bonds is 6. The maximum absolute atomic E-state index is 13.4. The Balaban J connectivity index is 1.82. The third kappa shape index (κ3) is 5.79. The molecule has 148 valence electrons. The monoisotopic (exact) mass is 430 g/mol. The number of anilines is 1. The Labute approximate surface area is 177 Å². The van der Waals surface area contributed by atoms with Crippen molar-refractivity contribution in [2.45, 2.75) is 12.5 Å². The lowest BCUT2D eigenvalue weighted by Crippen LogP contribution is -2.45. The number of benzene rings is 3. The lowest BCUT2D eigenvalue weighted by atomic mass is 10.0. The summed E-state index contributed by atoms with van der Waals surface area (Å²) >= 11 is 12.0. The van der Waals surface area contributed by atoms with Crippen molar-refractivity contribution >= 4 is 40.7 Å². The zero-order valence-electron chi connectivity index (χ0n) is 15.2. The molecular weight excluding hydrogens is 414 g/mol. The van der Waals surface area contributed by atoms with Crippen LogP contribution in [0.15, 0.2) is 72.8 Å². The Morgan fingerprint density at radius 1 is 0.931 bits per heavy atom. The van der Waals surface area contributed by atoms with E-state index in [2.05, 4.69) is 10.6 Å². The van der Waals surface area contributed by atoms with Crippen molar-refractivity contribution in [2.24, 2.45) is 0 Å². The molecule has 0 saturated carbocycles. The highest BCUT2D eigenvalue weighted by molar-refractivity contribution is 6.36. The molecule has 0 spiro atoms. The summed E-state index contributed by atoms with van der Waals surface area (Å²) in [4.78, 5) is 25.5. The van der Waals surface area contributed by atoms with Crippen LogP contribution in [-0.4, -0.2) is 17.9 Å². The highest BCUT2D eigenvalue weighted by atomic mass is 35.5. The fourth-order valence-corrected chi connectivity index (χ4v) is 3.26. The molecule has 0 aromatic heterocycles. The van der Waals surface area contributed by atoms with Crippen molar-refractivity contribution < 1.29 is 14.0 Å². The van der Waals surface area contributed by atoms with Crippen LogP contribution in [0.3, 0.4) is 0 Å². The third-order valence-corrected chi connectivity index (χ3v) is 4.72. The molecule has 0 radical (unpaired) electrons. The van der Waals surface area contributed by atoms with Gasteiger partial charge in [0.1, 0.15) is 11.9 Å². The van der Waals surface area contributed by atoms with Gasteiger partial charge in [-0.25, -0.2) is 4.39 Å². The van der Waals surface area contributed by atoms with Crippen LogP contribution in [0.2, 0.25) is 10.0 Å². The van der Waals surface area contributed by atoms with Crippen LogP contribution in [0, 0.1) is 5.82 Å². The zero-order chi connectivity index (χ0) is 20.8. The van der Waals surface area contributed by atoms with E-state index in [0.29, 0.717) is 10.7 Å². The summed E-state index contributed by atoms with van der Waals surface area (Å²) in [5.74, 6) is -1.46. The first kappa shape index (κ1) is 20.8. The van der Waals surface area contributed by atoms with Gasteiger partial charge in [-0.1, -0.05) is 59.6 Å². The number of carbonyl (C=O) groups excluding carboxylic acids is 2. The van der Waals surface area contributed by atoms with Gasteiger partial charge in [0, 0.05) is 17.1 Å². The van der Waals surface area contributed by atoms with Crippen LogP contribution in [-0.2, 0) is 11.2 Å². The Kier molecular flexibility index (Phi) is 6.86. The maximum Gasteiger partial charge on any atom is 0.253 e. The summed E-state index contributed by atoms with van der Waals surface area (Å²) in [6.07, 6.45) is 0.249. The Hall–Kier alpha value is -2.89. The number of hydrogen-bond donors (Lipinski definition) is 2. The van der Waals surface area contributed by atoms with Crippen molar-refractivity contribution in [3.63, 3.8) is 0 Å². The normalized spacial score (nSPS) is 11.6. The van der Waals surface area contributed by atoms with Gasteiger partial charge >= 0.3 is 0 Å². The molecule has 0 aliphatic carbocycles. The van der Waals surface area contributed by atoms with Crippen LogP contribution in [0.25, 0.3) is 0 Å². The van der Waals surface area contributed by atoms with E-state index < -0.39 is 23.7 Å². The zero-order valence-corrected chi connectivity index (χ0v) is 16.7. The van der Waals surface area contributed by atoms with Crippen LogP contribution in [0.1, 0.15) is 15.9 Å². The minimum atomic E-state index is -0.903. The first-order chi connectivity index (χ1) is 13.9. The van der Waals surface area contributed by atoms with E-state index in [9.17, 15) is 14.0 Å². The summed E-state index contributed by atoms with van der Waals surface area (Å²) < 4.78 is 13.4. The second-order valence-electron chi connectivity index (χ2n) is 6.34. The van der Waals surface area contributed by atoms with Crippen molar-refractivity contribution in [1.29, 1.82) is 0 Å². The van der Waals surface area contributed by atoms with Gasteiger partial charge in [-0.2, -0.15) is 0 Å². The number of halogens is 3. The van der Waals surface area contributed by atoms with Gasteiger partial charge in [-0.3, -0.25) is 9.59 Å². The quantitative estimate of drug-likeness (QED) is 0.570. The van der Waals surface area contributed by atoms with E-state index in [1.165, 1.54) is 30.3 Å². The molecular formula is C22H17Cl2FN2O2. The predicted molar refractivity (Wildman–Crippen MR) is 113 cm³/mol. The van der Waals surface area contributed by atoms with Crippen molar-refractivity contribution in [3.8, 4) is 0 Å². The molecule has 0 aliphatic heterocycles. The highest BCUT2D eigenvalue weighted by Gasteiger charge is 2.23. The van der Waals surface area contributed by atoms with Crippen molar-refractivity contribution in [2.75, 3.05) is 5.32 Å². The number of carbonyl (C=O) groups is 2. The van der Waals surface area contributed by atoms with E-state index in [0.717, 1.165) is 5.56 Å². The number of nitrogens with one attached hydrogen (secondary N) is 2. The lowest BCUT2D eigenvalue weighted by Gasteiger charge is -2.19. The Bertz CT molecular complexity index is 1030. The first-order valence-electron chi connectivity index (χ1n) is 8.78. The lowest BCUT2D eigenvalue weighted by molar-refractivity contribution is -0.118. The summed E-state index contributed by atoms with van der Waals surface area (Å²) in [6.45, 7) is 0. The summed E-state index contributed by atoms with van der Waals surface area (Å²) in [5.41, 5.74) is 1.36. The Morgan fingerprint density at radius 3 is 2.38 bits per heavy atom. The molecule has 2 N–H and O–H groups in total. The minimum Gasteiger partial charge on any atom is -0.340 e. The minimum absolute atomic E-state index is 0.180. The molecule has 3 aromatic rings. The standard InChI is InChI=1S/C22H17Cl2FN2O2/c23-15-9-10-18(19(24)12-15)21(28)27-20(11-14-5-2-1-3-6-14)22(29)26-17-8-4-7-16(25)13-17/h1-10,12-13,20H,11H2,(H,26,29)(H,27,28)/t20-/m0/s1. The molecule has 0 aliphatic rings. The van der Waals surface area contributed by atoms with Crippen LogP contribution in [0.5, 0.6) is 0 Å². The molecule has 3 aromatic carbocycles. The average Bonchev–Trinajstić information content (AvgIpc) is 2.68. The third-order valence-electron chi connectivity index (χ3n) is 4.17. The second kappa shape index (κ2) is 9.54. The molecule has 2 amide bonds. The van der Waals surface area contributed by atoms with Gasteiger partial charge in [-0.15, -0.1) is 0 Å². The molecule has 1 atom stereocenters. The summed E-state index contributed by atoms with van der Waals surface area (Å²) in [5, 5.41) is 5.92. The first-order valence-corrected chi connectivity index (χ1v) is 9.54. The number of hydrogen-bond acceptors (Lipinski definition) is 2. The van der Waals surface area contributed by atoms with Crippen molar-refractivity contribution in [1.82, 2.24) is 5.32 Å². The molecule has 0 saturated heterocycles. The molecule has 0 heterocycles. The molecule has 0 fully saturated rings. The SMILES string of the molecule is O=C(N[C@@H](Cc1ccccc1)C(=O)Nc1cccc(F)c1)c1ccc(Cl)cc1Cl. The maximum atomic E-state index is 13.4. The smallest absolute Gasteiger partial charge is 0.253 e. The van der Waals surface area contributed by atoms with Crippen LogP contribution < -0.4 is 10.6 Å². The fraction of sp³-hybridized carbons (Fsp3) is 0.0909. The van der Waals surface area contributed by atoms with Gasteiger partial charge in [0.15, 0.2) is 0 Å². The average molecular weight is 431 g/mol. The van der Waals surface area contributed by atoms with Gasteiger partial charge in [0.05, 0.1) is 10.6 Å². The fourth-order valence-electron chi connectivity index (χ4n) is 2.76. The second-order valence-corrected chi connectivity index (χ2v) is 7.18. The molecule has 29 heavy (non-hydrogen) atoms. The van der Waals surface area contributed by atoms with Crippen LogP contribution >= 0.6 is 23.2 Å². The Morgan fingerprint density at radius 2 is 1.69 bits per heavy atom. The van der Waals surface area contributed by atoms with Crippen LogP contribution in [0.4, 0.5) is 10.1 Å². The molecule has 0 unspecified atom stereocenters. The molecule has 4 nitrogen and oxygen atoms in total. The summed E-state index contributed by atoms with van der Waals surface area (Å²) in [7, 11) is 0. The van der Waals surface area contributed by atoms with E-state index in [1.807, 2.05) is 30.3 Å². The van der Waals surface area contributed by atoms with Crippen molar-refractivity contribution in [3.05, 3.63) is 99.8 Å². The van der Waals surface area contributed by atoms with E-state index in [4.69, 9.17) is 23.2 Å². The van der Waals surface area contributed by atoms with E-state index in [1.54, 1.807) is 12.1 Å². The topological polar surface area (TPSA) is 58.2 Å². The molecule has 3 rings (SSSR count). The summed E-state index contributed by atoms with van der Waals surface area (Å²) in [6, 6.07) is 18.4. The molecule has 7 heteroatoms. The van der Waals surface area contributed by atoms with Gasteiger partial charge in [-0.05, 0) is 42.0 Å². The molecule has 0 bridgehead atoms.